The summed E-state index contributed by atoms with van der Waals surface area (Å²) in [7, 11) is 0. The lowest BCUT2D eigenvalue weighted by Gasteiger charge is -2.23. The Kier molecular flexibility index (Phi) is 4.37. The fourth-order valence-corrected chi connectivity index (χ4v) is 2.36. The Morgan fingerprint density at radius 1 is 1.00 bits per heavy atom. The molecule has 0 aliphatic carbocycles. The third-order valence-corrected chi connectivity index (χ3v) is 3.19. The minimum Gasteiger partial charge on any atom is -0.355 e. The van der Waals surface area contributed by atoms with E-state index in [-0.39, 0.29) is 0 Å². The summed E-state index contributed by atoms with van der Waals surface area (Å²) in [6, 6.07) is 8.04. The molecule has 1 aromatic carbocycles. The summed E-state index contributed by atoms with van der Waals surface area (Å²) in [5.41, 5.74) is 0. The van der Waals surface area contributed by atoms with Gasteiger partial charge < -0.3 is 4.90 Å². The van der Waals surface area contributed by atoms with Crippen molar-refractivity contribution in [2.75, 3.05) is 18.0 Å². The molecule has 2 aromatic rings. The van der Waals surface area contributed by atoms with Crippen molar-refractivity contribution in [2.45, 2.75) is 26.7 Å². The third-order valence-electron chi connectivity index (χ3n) is 2.91. The van der Waals surface area contributed by atoms with Gasteiger partial charge in [0.2, 0.25) is 0 Å². The van der Waals surface area contributed by atoms with Crippen LogP contribution in [-0.2, 0) is 0 Å². The maximum absolute atomic E-state index is 6.10. The zero-order valence-corrected chi connectivity index (χ0v) is 11.6. The third kappa shape index (κ3) is 2.56. The first kappa shape index (κ1) is 13.1. The first-order chi connectivity index (χ1) is 8.77. The van der Waals surface area contributed by atoms with E-state index in [2.05, 4.69) is 35.0 Å². The van der Waals surface area contributed by atoms with E-state index in [0.717, 1.165) is 42.5 Å². The molecule has 0 spiro atoms. The average Bonchev–Trinajstić information content (AvgIpc) is 2.39. The van der Waals surface area contributed by atoms with Crippen molar-refractivity contribution in [1.29, 1.82) is 0 Å². The lowest BCUT2D eigenvalue weighted by atomic mass is 10.2. The van der Waals surface area contributed by atoms with Crippen LogP contribution in [0.3, 0.4) is 0 Å². The van der Waals surface area contributed by atoms with Gasteiger partial charge in [0.1, 0.15) is 0 Å². The number of hydrogen-bond acceptors (Lipinski definition) is 3. The van der Waals surface area contributed by atoms with Crippen molar-refractivity contribution in [3.8, 4) is 0 Å². The quantitative estimate of drug-likeness (QED) is 0.819. The second kappa shape index (κ2) is 6.01. The highest BCUT2D eigenvalue weighted by Crippen LogP contribution is 2.28. The topological polar surface area (TPSA) is 29.0 Å². The van der Waals surface area contributed by atoms with E-state index in [1.165, 1.54) is 0 Å². The van der Waals surface area contributed by atoms with Crippen LogP contribution < -0.4 is 4.90 Å². The number of benzene rings is 1. The summed E-state index contributed by atoms with van der Waals surface area (Å²) in [6.07, 6.45) is 2.19. The molecule has 0 aliphatic heterocycles. The average molecular weight is 264 g/mol. The Labute approximate surface area is 113 Å². The van der Waals surface area contributed by atoms with Crippen molar-refractivity contribution in [2.24, 2.45) is 0 Å². The first-order valence-corrected chi connectivity index (χ1v) is 6.81. The zero-order valence-electron chi connectivity index (χ0n) is 10.9. The van der Waals surface area contributed by atoms with Crippen LogP contribution >= 0.6 is 11.6 Å². The summed E-state index contributed by atoms with van der Waals surface area (Å²) < 4.78 is 0. The molecule has 4 heteroatoms. The smallest absolute Gasteiger partial charge is 0.159 e. The van der Waals surface area contributed by atoms with Crippen molar-refractivity contribution in [3.05, 3.63) is 29.4 Å². The summed E-state index contributed by atoms with van der Waals surface area (Å²) in [5, 5.41) is 10.9. The molecule has 0 saturated heterocycles. The van der Waals surface area contributed by atoms with Crippen molar-refractivity contribution >= 4 is 28.2 Å². The van der Waals surface area contributed by atoms with Crippen molar-refractivity contribution < 1.29 is 0 Å². The molecule has 2 rings (SSSR count). The van der Waals surface area contributed by atoms with Crippen LogP contribution in [0.25, 0.3) is 10.8 Å². The molecule has 0 amide bonds. The Hall–Kier alpha value is -1.35. The van der Waals surface area contributed by atoms with Crippen LogP contribution in [0.4, 0.5) is 5.82 Å². The summed E-state index contributed by atoms with van der Waals surface area (Å²) in [5.74, 6) is 0.943. The van der Waals surface area contributed by atoms with Gasteiger partial charge >= 0.3 is 0 Å². The molecule has 0 saturated carbocycles. The molecule has 0 fully saturated rings. The number of hydrogen-bond donors (Lipinski definition) is 0. The second-order valence-corrected chi connectivity index (χ2v) is 4.71. The van der Waals surface area contributed by atoms with Gasteiger partial charge in [-0.3, -0.25) is 0 Å². The van der Waals surface area contributed by atoms with E-state index in [0.29, 0.717) is 5.15 Å². The van der Waals surface area contributed by atoms with E-state index in [1.807, 2.05) is 18.2 Å². The largest absolute Gasteiger partial charge is 0.355 e. The molecule has 0 N–H and O–H groups in total. The summed E-state index contributed by atoms with van der Waals surface area (Å²) >= 11 is 6.10. The van der Waals surface area contributed by atoms with E-state index in [4.69, 9.17) is 11.6 Å². The molecule has 0 radical (unpaired) electrons. The molecule has 0 bridgehead atoms. The number of halogens is 1. The molecular weight excluding hydrogens is 246 g/mol. The lowest BCUT2D eigenvalue weighted by Crippen LogP contribution is -2.26. The molecule has 0 aliphatic rings. The summed E-state index contributed by atoms with van der Waals surface area (Å²) in [6.45, 7) is 6.34. The number of rotatable bonds is 5. The molecule has 0 unspecified atom stereocenters. The maximum Gasteiger partial charge on any atom is 0.159 e. The van der Waals surface area contributed by atoms with E-state index >= 15 is 0 Å². The fourth-order valence-electron chi connectivity index (χ4n) is 2.15. The lowest BCUT2D eigenvalue weighted by molar-refractivity contribution is 0.730. The SMILES string of the molecule is CCCN(CCC)c1nnc(Cl)c2ccccc12. The van der Waals surface area contributed by atoms with Crippen LogP contribution in [0.5, 0.6) is 0 Å². The van der Waals surface area contributed by atoms with Crippen molar-refractivity contribution in [3.63, 3.8) is 0 Å². The standard InChI is InChI=1S/C14H18ClN3/c1-3-9-18(10-4-2)14-12-8-6-5-7-11(12)13(15)16-17-14/h5-8H,3-4,9-10H2,1-2H3. The fraction of sp³-hybridized carbons (Fsp3) is 0.429. The van der Waals surface area contributed by atoms with Gasteiger partial charge in [-0.25, -0.2) is 0 Å². The monoisotopic (exact) mass is 263 g/mol. The van der Waals surface area contributed by atoms with E-state index in [1.54, 1.807) is 0 Å². The van der Waals surface area contributed by atoms with E-state index < -0.39 is 0 Å². The Bertz CT molecular complexity index is 521. The van der Waals surface area contributed by atoms with Gasteiger partial charge in [-0.15, -0.1) is 10.2 Å². The Morgan fingerprint density at radius 3 is 2.22 bits per heavy atom. The van der Waals surface area contributed by atoms with Crippen LogP contribution in [0.15, 0.2) is 24.3 Å². The van der Waals surface area contributed by atoms with E-state index in [9.17, 15) is 0 Å². The molecule has 0 atom stereocenters. The predicted molar refractivity (Wildman–Crippen MR) is 77.3 cm³/mol. The van der Waals surface area contributed by atoms with Gasteiger partial charge in [-0.1, -0.05) is 49.7 Å². The van der Waals surface area contributed by atoms with Gasteiger partial charge in [0, 0.05) is 23.9 Å². The Balaban J connectivity index is 2.52. The molecule has 96 valence electrons. The molecule has 3 nitrogen and oxygen atoms in total. The minimum atomic E-state index is 0.474. The number of anilines is 1. The predicted octanol–water partition coefficient (Wildman–Crippen LogP) is 3.91. The first-order valence-electron chi connectivity index (χ1n) is 6.43. The van der Waals surface area contributed by atoms with Crippen LogP contribution in [0, 0.1) is 0 Å². The Morgan fingerprint density at radius 2 is 1.61 bits per heavy atom. The highest BCUT2D eigenvalue weighted by Gasteiger charge is 2.12. The normalized spacial score (nSPS) is 10.8. The molecule has 18 heavy (non-hydrogen) atoms. The van der Waals surface area contributed by atoms with Gasteiger partial charge in [-0.2, -0.15) is 0 Å². The van der Waals surface area contributed by atoms with Crippen LogP contribution in [0.1, 0.15) is 26.7 Å². The highest BCUT2D eigenvalue weighted by molar-refractivity contribution is 6.34. The van der Waals surface area contributed by atoms with Crippen molar-refractivity contribution in [1.82, 2.24) is 10.2 Å². The van der Waals surface area contributed by atoms with Gasteiger partial charge in [0.25, 0.3) is 0 Å². The summed E-state index contributed by atoms with van der Waals surface area (Å²) in [4.78, 5) is 2.28. The zero-order chi connectivity index (χ0) is 13.0. The maximum atomic E-state index is 6.10. The molecular formula is C14H18ClN3. The van der Waals surface area contributed by atoms with Gasteiger partial charge in [0.05, 0.1) is 0 Å². The van der Waals surface area contributed by atoms with Gasteiger partial charge in [-0.05, 0) is 12.8 Å². The number of fused-ring (bicyclic) bond motifs is 1. The number of aromatic nitrogens is 2. The molecule has 1 heterocycles. The number of nitrogens with zero attached hydrogens (tertiary/aromatic N) is 3. The van der Waals surface area contributed by atoms with Gasteiger partial charge in [0.15, 0.2) is 11.0 Å². The molecule has 1 aromatic heterocycles. The minimum absolute atomic E-state index is 0.474. The second-order valence-electron chi connectivity index (χ2n) is 4.35. The van der Waals surface area contributed by atoms with Crippen LogP contribution in [0.2, 0.25) is 5.15 Å². The van der Waals surface area contributed by atoms with Crippen LogP contribution in [-0.4, -0.2) is 23.3 Å². The highest BCUT2D eigenvalue weighted by atomic mass is 35.5.